The Balaban J connectivity index is 2.08. The van der Waals surface area contributed by atoms with Crippen LogP contribution in [-0.4, -0.2) is 18.1 Å². The van der Waals surface area contributed by atoms with Gasteiger partial charge in [-0.2, -0.15) is 0 Å². The third-order valence-corrected chi connectivity index (χ3v) is 3.46. The van der Waals surface area contributed by atoms with Crippen LogP contribution in [-0.2, 0) is 0 Å². The lowest BCUT2D eigenvalue weighted by Crippen LogP contribution is -2.26. The van der Waals surface area contributed by atoms with Gasteiger partial charge in [0.05, 0.1) is 5.52 Å². The zero-order valence-electron chi connectivity index (χ0n) is 9.32. The number of piperidine rings is 1. The van der Waals surface area contributed by atoms with Crippen molar-refractivity contribution in [2.45, 2.75) is 18.8 Å². The largest absolute Gasteiger partial charge is 0.317 e. The number of fused-ring (bicyclic) bond motifs is 1. The van der Waals surface area contributed by atoms with Gasteiger partial charge in [-0.05, 0) is 49.5 Å². The maximum Gasteiger partial charge on any atom is 0.0704 e. The molecule has 1 saturated heterocycles. The highest BCUT2D eigenvalue weighted by atomic mass is 14.9. The topological polar surface area (TPSA) is 24.9 Å². The predicted octanol–water partition coefficient (Wildman–Crippen LogP) is 2.70. The lowest BCUT2D eigenvalue weighted by molar-refractivity contribution is 0.462. The Morgan fingerprint density at radius 1 is 1.06 bits per heavy atom. The summed E-state index contributed by atoms with van der Waals surface area (Å²) >= 11 is 0. The van der Waals surface area contributed by atoms with E-state index in [2.05, 4.69) is 34.6 Å². The van der Waals surface area contributed by atoms with E-state index in [-0.39, 0.29) is 0 Å². The lowest BCUT2D eigenvalue weighted by Gasteiger charge is -2.24. The lowest BCUT2D eigenvalue weighted by atomic mass is 9.88. The van der Waals surface area contributed by atoms with Crippen LogP contribution in [0.5, 0.6) is 0 Å². The van der Waals surface area contributed by atoms with E-state index in [1.54, 1.807) is 0 Å². The van der Waals surface area contributed by atoms with Crippen molar-refractivity contribution in [1.82, 2.24) is 10.3 Å². The van der Waals surface area contributed by atoms with Crippen LogP contribution in [0.2, 0.25) is 0 Å². The molecule has 0 unspecified atom stereocenters. The van der Waals surface area contributed by atoms with Crippen LogP contribution in [0.3, 0.4) is 0 Å². The predicted molar refractivity (Wildman–Crippen MR) is 66.6 cm³/mol. The molecule has 1 N–H and O–H groups in total. The molecule has 1 aliphatic rings. The minimum atomic E-state index is 0.703. The summed E-state index contributed by atoms with van der Waals surface area (Å²) in [5.74, 6) is 0.703. The van der Waals surface area contributed by atoms with Crippen molar-refractivity contribution >= 4 is 10.9 Å². The van der Waals surface area contributed by atoms with E-state index < -0.39 is 0 Å². The highest BCUT2D eigenvalue weighted by molar-refractivity contribution is 5.82. The summed E-state index contributed by atoms with van der Waals surface area (Å²) in [5, 5.41) is 4.75. The van der Waals surface area contributed by atoms with E-state index in [1.807, 2.05) is 12.3 Å². The summed E-state index contributed by atoms with van der Waals surface area (Å²) in [4.78, 5) is 4.42. The summed E-state index contributed by atoms with van der Waals surface area (Å²) in [7, 11) is 0. The molecule has 1 aliphatic heterocycles. The van der Waals surface area contributed by atoms with Crippen LogP contribution in [0.15, 0.2) is 36.5 Å². The van der Waals surface area contributed by atoms with E-state index in [4.69, 9.17) is 0 Å². The standard InChI is InChI=1S/C14H16N2/c1-3-12(11-6-9-15-10-7-11)13-4-2-8-16-14(13)5-1/h1-5,8,11,15H,6-7,9-10H2. The Bertz CT molecular complexity index is 482. The molecule has 0 saturated carbocycles. The molecule has 3 rings (SSSR count). The van der Waals surface area contributed by atoms with Gasteiger partial charge < -0.3 is 5.32 Å². The summed E-state index contributed by atoms with van der Waals surface area (Å²) in [6.45, 7) is 2.28. The van der Waals surface area contributed by atoms with Crippen molar-refractivity contribution < 1.29 is 0 Å². The molecule has 82 valence electrons. The van der Waals surface area contributed by atoms with Crippen molar-refractivity contribution in [3.63, 3.8) is 0 Å². The Labute approximate surface area is 95.7 Å². The average molecular weight is 212 g/mol. The Hall–Kier alpha value is -1.41. The first-order valence-corrected chi connectivity index (χ1v) is 5.99. The number of hydrogen-bond donors (Lipinski definition) is 1. The molecule has 0 radical (unpaired) electrons. The molecule has 0 aliphatic carbocycles. The van der Waals surface area contributed by atoms with Gasteiger partial charge in [-0.3, -0.25) is 4.98 Å². The van der Waals surface area contributed by atoms with Gasteiger partial charge in [0.2, 0.25) is 0 Å². The van der Waals surface area contributed by atoms with Crippen LogP contribution in [0.25, 0.3) is 10.9 Å². The average Bonchev–Trinajstić information content (AvgIpc) is 2.39. The molecule has 0 spiro atoms. The second-order valence-corrected chi connectivity index (χ2v) is 4.44. The minimum absolute atomic E-state index is 0.703. The van der Waals surface area contributed by atoms with E-state index >= 15 is 0 Å². The number of benzene rings is 1. The fourth-order valence-corrected chi connectivity index (χ4v) is 2.62. The van der Waals surface area contributed by atoms with Crippen molar-refractivity contribution in [2.24, 2.45) is 0 Å². The number of hydrogen-bond acceptors (Lipinski definition) is 2. The maximum absolute atomic E-state index is 4.42. The second-order valence-electron chi connectivity index (χ2n) is 4.44. The van der Waals surface area contributed by atoms with Crippen LogP contribution in [0, 0.1) is 0 Å². The zero-order chi connectivity index (χ0) is 10.8. The molecule has 2 heterocycles. The fourth-order valence-electron chi connectivity index (χ4n) is 2.62. The number of nitrogens with zero attached hydrogens (tertiary/aromatic N) is 1. The normalized spacial score (nSPS) is 17.8. The highest BCUT2D eigenvalue weighted by Gasteiger charge is 2.16. The third kappa shape index (κ3) is 1.69. The molecule has 2 heteroatoms. The molecule has 0 bridgehead atoms. The van der Waals surface area contributed by atoms with Gasteiger partial charge >= 0.3 is 0 Å². The van der Waals surface area contributed by atoms with Gasteiger partial charge in [-0.15, -0.1) is 0 Å². The van der Waals surface area contributed by atoms with Crippen LogP contribution < -0.4 is 5.32 Å². The minimum Gasteiger partial charge on any atom is -0.317 e. The first kappa shape index (κ1) is 9.79. The molecule has 1 aromatic carbocycles. The van der Waals surface area contributed by atoms with Crippen LogP contribution in [0.4, 0.5) is 0 Å². The Morgan fingerprint density at radius 2 is 1.94 bits per heavy atom. The summed E-state index contributed by atoms with van der Waals surface area (Å²) < 4.78 is 0. The quantitative estimate of drug-likeness (QED) is 0.786. The molecule has 1 fully saturated rings. The molecular formula is C14H16N2. The van der Waals surface area contributed by atoms with Crippen molar-refractivity contribution in [3.05, 3.63) is 42.1 Å². The van der Waals surface area contributed by atoms with Crippen LogP contribution >= 0.6 is 0 Å². The number of rotatable bonds is 1. The van der Waals surface area contributed by atoms with Gasteiger partial charge in [0.1, 0.15) is 0 Å². The van der Waals surface area contributed by atoms with Crippen molar-refractivity contribution in [2.75, 3.05) is 13.1 Å². The van der Waals surface area contributed by atoms with Gasteiger partial charge in [0, 0.05) is 11.6 Å². The van der Waals surface area contributed by atoms with Crippen molar-refractivity contribution in [3.8, 4) is 0 Å². The second kappa shape index (κ2) is 4.22. The highest BCUT2D eigenvalue weighted by Crippen LogP contribution is 2.30. The summed E-state index contributed by atoms with van der Waals surface area (Å²) in [6.07, 6.45) is 4.36. The first-order valence-electron chi connectivity index (χ1n) is 5.99. The fraction of sp³-hybridized carbons (Fsp3) is 0.357. The number of nitrogens with one attached hydrogen (secondary N) is 1. The first-order chi connectivity index (χ1) is 7.95. The van der Waals surface area contributed by atoms with Gasteiger partial charge in [-0.25, -0.2) is 0 Å². The molecule has 0 atom stereocenters. The third-order valence-electron chi connectivity index (χ3n) is 3.46. The van der Waals surface area contributed by atoms with E-state index in [0.717, 1.165) is 18.6 Å². The maximum atomic E-state index is 4.42. The SMILES string of the molecule is c1cc(C2CCNCC2)c2cccnc2c1. The van der Waals surface area contributed by atoms with Gasteiger partial charge in [0.15, 0.2) is 0 Å². The monoisotopic (exact) mass is 212 g/mol. The van der Waals surface area contributed by atoms with Crippen LogP contribution in [0.1, 0.15) is 24.3 Å². The van der Waals surface area contributed by atoms with E-state index in [9.17, 15) is 0 Å². The summed E-state index contributed by atoms with van der Waals surface area (Å²) in [6, 6.07) is 10.7. The molecule has 16 heavy (non-hydrogen) atoms. The number of pyridine rings is 1. The molecule has 2 aromatic rings. The Morgan fingerprint density at radius 3 is 2.81 bits per heavy atom. The zero-order valence-corrected chi connectivity index (χ0v) is 9.32. The number of aromatic nitrogens is 1. The Kier molecular flexibility index (Phi) is 2.58. The van der Waals surface area contributed by atoms with E-state index in [0.29, 0.717) is 5.92 Å². The van der Waals surface area contributed by atoms with Crippen molar-refractivity contribution in [1.29, 1.82) is 0 Å². The van der Waals surface area contributed by atoms with Gasteiger partial charge in [-0.1, -0.05) is 18.2 Å². The smallest absolute Gasteiger partial charge is 0.0704 e. The molecule has 1 aromatic heterocycles. The molecule has 0 amide bonds. The summed E-state index contributed by atoms with van der Waals surface area (Å²) in [5.41, 5.74) is 2.60. The molecular weight excluding hydrogens is 196 g/mol. The van der Waals surface area contributed by atoms with Gasteiger partial charge in [0.25, 0.3) is 0 Å². The van der Waals surface area contributed by atoms with E-state index in [1.165, 1.54) is 23.8 Å². The molecule has 2 nitrogen and oxygen atoms in total.